The summed E-state index contributed by atoms with van der Waals surface area (Å²) in [4.78, 5) is 0. The van der Waals surface area contributed by atoms with E-state index in [2.05, 4.69) is 0 Å². The zero-order chi connectivity index (χ0) is 14.7. The Hall–Kier alpha value is -1.32. The molecule has 5 heteroatoms. The second-order valence-corrected chi connectivity index (χ2v) is 5.20. The largest absolute Gasteiger partial charge is 0.495 e. The number of rotatable bonds is 4. The number of ether oxygens (including phenoxy) is 1. The van der Waals surface area contributed by atoms with Crippen LogP contribution in [0.25, 0.3) is 0 Å². The summed E-state index contributed by atoms with van der Waals surface area (Å²) >= 11 is 12.2. The summed E-state index contributed by atoms with van der Waals surface area (Å²) in [6, 6.07) is 8.77. The zero-order valence-electron chi connectivity index (χ0n) is 10.7. The molecule has 0 amide bonds. The average molecular weight is 317 g/mol. The number of methoxy groups -OCH3 is 1. The van der Waals surface area contributed by atoms with Crippen molar-refractivity contribution in [2.75, 3.05) is 7.11 Å². The molecule has 2 aromatic carbocycles. The predicted molar refractivity (Wildman–Crippen MR) is 76.7 cm³/mol. The van der Waals surface area contributed by atoms with Crippen LogP contribution < -0.4 is 4.74 Å². The summed E-state index contributed by atoms with van der Waals surface area (Å²) in [6.45, 7) is 0. The van der Waals surface area contributed by atoms with E-state index in [1.807, 2.05) is 0 Å². The van der Waals surface area contributed by atoms with Crippen molar-refractivity contribution in [2.45, 2.75) is 11.8 Å². The van der Waals surface area contributed by atoms with Crippen LogP contribution in [0, 0.1) is 11.6 Å². The smallest absolute Gasteiger partial charge is 0.137 e. The fourth-order valence-electron chi connectivity index (χ4n) is 1.90. The van der Waals surface area contributed by atoms with Crippen molar-refractivity contribution in [1.82, 2.24) is 0 Å². The normalized spacial score (nSPS) is 12.2. The van der Waals surface area contributed by atoms with Gasteiger partial charge in [-0.2, -0.15) is 0 Å². The molecule has 0 saturated heterocycles. The van der Waals surface area contributed by atoms with Crippen LogP contribution in [-0.4, -0.2) is 7.11 Å². The Bertz CT molecular complexity index is 597. The maximum Gasteiger partial charge on any atom is 0.137 e. The van der Waals surface area contributed by atoms with Gasteiger partial charge in [-0.3, -0.25) is 0 Å². The van der Waals surface area contributed by atoms with Gasteiger partial charge in [-0.1, -0.05) is 23.7 Å². The molecule has 0 radical (unpaired) electrons. The lowest BCUT2D eigenvalue weighted by atomic mass is 10.0. The Labute approximate surface area is 126 Å². The molecule has 0 aliphatic rings. The maximum absolute atomic E-state index is 13.6. The van der Waals surface area contributed by atoms with Crippen LogP contribution >= 0.6 is 23.2 Å². The molecule has 0 bridgehead atoms. The first-order chi connectivity index (χ1) is 9.52. The van der Waals surface area contributed by atoms with E-state index in [-0.39, 0.29) is 12.0 Å². The molecule has 20 heavy (non-hydrogen) atoms. The van der Waals surface area contributed by atoms with E-state index in [1.165, 1.54) is 25.3 Å². The van der Waals surface area contributed by atoms with Gasteiger partial charge >= 0.3 is 0 Å². The third-order valence-corrected chi connectivity index (χ3v) is 3.68. The highest BCUT2D eigenvalue weighted by molar-refractivity contribution is 6.32. The molecule has 0 N–H and O–H groups in total. The first kappa shape index (κ1) is 15.1. The first-order valence-corrected chi connectivity index (χ1v) is 6.74. The molecule has 0 saturated carbocycles. The van der Waals surface area contributed by atoms with E-state index >= 15 is 0 Å². The van der Waals surface area contributed by atoms with Gasteiger partial charge in [-0.05, 0) is 36.2 Å². The van der Waals surface area contributed by atoms with E-state index in [1.54, 1.807) is 18.2 Å². The van der Waals surface area contributed by atoms with Crippen LogP contribution in [0.15, 0.2) is 36.4 Å². The lowest BCUT2D eigenvalue weighted by Gasteiger charge is -2.13. The van der Waals surface area contributed by atoms with Crippen LogP contribution in [0.1, 0.15) is 16.5 Å². The molecule has 0 aromatic heterocycles. The van der Waals surface area contributed by atoms with Crippen molar-refractivity contribution >= 4 is 23.2 Å². The summed E-state index contributed by atoms with van der Waals surface area (Å²) in [6.07, 6.45) is 0.0444. The highest BCUT2D eigenvalue weighted by atomic mass is 35.5. The molecule has 2 aromatic rings. The number of alkyl halides is 1. The summed E-state index contributed by atoms with van der Waals surface area (Å²) < 4.78 is 32.2. The molecule has 0 spiro atoms. The van der Waals surface area contributed by atoms with Gasteiger partial charge in [-0.15, -0.1) is 11.6 Å². The standard InChI is InChI=1S/C15H12Cl2F2O/c1-20-15-6-5-9(7-12(15)17)11(16)8-10-13(18)3-2-4-14(10)19/h2-7,11H,8H2,1H3. The summed E-state index contributed by atoms with van der Waals surface area (Å²) in [7, 11) is 1.51. The van der Waals surface area contributed by atoms with Crippen LogP contribution in [0.2, 0.25) is 5.02 Å². The Morgan fingerprint density at radius 1 is 1.15 bits per heavy atom. The van der Waals surface area contributed by atoms with E-state index < -0.39 is 17.0 Å². The second kappa shape index (κ2) is 6.42. The SMILES string of the molecule is COc1ccc(C(Cl)Cc2c(F)cccc2F)cc1Cl. The second-order valence-electron chi connectivity index (χ2n) is 4.27. The van der Waals surface area contributed by atoms with Crippen LogP contribution in [0.3, 0.4) is 0 Å². The van der Waals surface area contributed by atoms with Crippen molar-refractivity contribution in [3.05, 3.63) is 64.2 Å². The van der Waals surface area contributed by atoms with Crippen molar-refractivity contribution in [1.29, 1.82) is 0 Å². The highest BCUT2D eigenvalue weighted by Gasteiger charge is 2.16. The summed E-state index contributed by atoms with van der Waals surface area (Å²) in [5, 5.41) is -0.172. The van der Waals surface area contributed by atoms with Gasteiger partial charge in [0.1, 0.15) is 17.4 Å². The third-order valence-electron chi connectivity index (χ3n) is 2.98. The van der Waals surface area contributed by atoms with Gasteiger partial charge in [0.2, 0.25) is 0 Å². The molecular weight excluding hydrogens is 305 g/mol. The number of benzene rings is 2. The predicted octanol–water partition coefficient (Wildman–Crippen LogP) is 5.15. The van der Waals surface area contributed by atoms with Gasteiger partial charge in [0.15, 0.2) is 0 Å². The number of hydrogen-bond acceptors (Lipinski definition) is 1. The third kappa shape index (κ3) is 3.22. The maximum atomic E-state index is 13.6. The molecule has 0 aliphatic carbocycles. The van der Waals surface area contributed by atoms with Crippen LogP contribution in [-0.2, 0) is 6.42 Å². The van der Waals surface area contributed by atoms with Gasteiger partial charge < -0.3 is 4.74 Å². The van der Waals surface area contributed by atoms with Crippen molar-refractivity contribution in [3.8, 4) is 5.75 Å². The molecular formula is C15H12Cl2F2O. The van der Waals surface area contributed by atoms with Crippen LogP contribution in [0.4, 0.5) is 8.78 Å². The minimum Gasteiger partial charge on any atom is -0.495 e. The fraction of sp³-hybridized carbons (Fsp3) is 0.200. The van der Waals surface area contributed by atoms with Crippen molar-refractivity contribution in [2.24, 2.45) is 0 Å². The molecule has 2 rings (SSSR count). The van der Waals surface area contributed by atoms with Gasteiger partial charge in [-0.25, -0.2) is 8.78 Å². The molecule has 106 valence electrons. The van der Waals surface area contributed by atoms with E-state index in [0.717, 1.165) is 0 Å². The number of halogens is 4. The zero-order valence-corrected chi connectivity index (χ0v) is 12.2. The monoisotopic (exact) mass is 316 g/mol. The summed E-state index contributed by atoms with van der Waals surface area (Å²) in [5.74, 6) is -0.679. The van der Waals surface area contributed by atoms with Gasteiger partial charge in [0.05, 0.1) is 17.5 Å². The Morgan fingerprint density at radius 3 is 2.35 bits per heavy atom. The summed E-state index contributed by atoms with van der Waals surface area (Å²) in [5.41, 5.74) is 0.652. The highest BCUT2D eigenvalue weighted by Crippen LogP contribution is 2.32. The molecule has 1 nitrogen and oxygen atoms in total. The molecule has 0 heterocycles. The molecule has 0 aliphatic heterocycles. The quantitative estimate of drug-likeness (QED) is 0.709. The lowest BCUT2D eigenvalue weighted by Crippen LogP contribution is -2.02. The molecule has 1 unspecified atom stereocenters. The minimum atomic E-state index is -0.602. The average Bonchev–Trinajstić information content (AvgIpc) is 2.42. The van der Waals surface area contributed by atoms with E-state index in [0.29, 0.717) is 16.3 Å². The Kier molecular flexibility index (Phi) is 4.84. The van der Waals surface area contributed by atoms with Crippen molar-refractivity contribution < 1.29 is 13.5 Å². The van der Waals surface area contributed by atoms with E-state index in [4.69, 9.17) is 27.9 Å². The molecule has 1 atom stereocenters. The van der Waals surface area contributed by atoms with Crippen LogP contribution in [0.5, 0.6) is 5.75 Å². The van der Waals surface area contributed by atoms with Crippen molar-refractivity contribution in [3.63, 3.8) is 0 Å². The van der Waals surface area contributed by atoms with Gasteiger partial charge in [0.25, 0.3) is 0 Å². The Morgan fingerprint density at radius 2 is 1.80 bits per heavy atom. The lowest BCUT2D eigenvalue weighted by molar-refractivity contribution is 0.415. The van der Waals surface area contributed by atoms with E-state index in [9.17, 15) is 8.78 Å². The Balaban J connectivity index is 2.24. The fourth-order valence-corrected chi connectivity index (χ4v) is 2.46. The minimum absolute atomic E-state index is 0.0283. The topological polar surface area (TPSA) is 9.23 Å². The number of hydrogen-bond donors (Lipinski definition) is 0. The first-order valence-electron chi connectivity index (χ1n) is 5.93. The van der Waals surface area contributed by atoms with Gasteiger partial charge in [0, 0.05) is 5.56 Å². The molecule has 0 fully saturated rings.